The van der Waals surface area contributed by atoms with Gasteiger partial charge in [0.2, 0.25) is 11.8 Å². The van der Waals surface area contributed by atoms with Crippen LogP contribution in [0.5, 0.6) is 0 Å². The molecule has 0 radical (unpaired) electrons. The van der Waals surface area contributed by atoms with Gasteiger partial charge in [-0.1, -0.05) is 30.3 Å². The van der Waals surface area contributed by atoms with Crippen LogP contribution in [0.25, 0.3) is 0 Å². The van der Waals surface area contributed by atoms with Gasteiger partial charge in [-0.3, -0.25) is 19.4 Å². The molecule has 2 fully saturated rings. The lowest BCUT2D eigenvalue weighted by molar-refractivity contribution is -0.127. The summed E-state index contributed by atoms with van der Waals surface area (Å²) in [6, 6.07) is 10.8. The van der Waals surface area contributed by atoms with E-state index >= 15 is 0 Å². The van der Waals surface area contributed by atoms with Crippen LogP contribution in [0.1, 0.15) is 31.2 Å². The minimum atomic E-state index is 0.0867. The molecule has 1 atom stereocenters. The summed E-state index contributed by atoms with van der Waals surface area (Å²) in [4.78, 5) is 28.9. The molecule has 28 heavy (non-hydrogen) atoms. The van der Waals surface area contributed by atoms with Gasteiger partial charge in [0.15, 0.2) is 0 Å². The summed E-state index contributed by atoms with van der Waals surface area (Å²) >= 11 is 0. The van der Waals surface area contributed by atoms with Gasteiger partial charge in [0, 0.05) is 39.3 Å². The molecule has 0 spiro atoms. The van der Waals surface area contributed by atoms with Crippen molar-refractivity contribution < 1.29 is 9.59 Å². The highest BCUT2D eigenvalue weighted by molar-refractivity contribution is 5.79. The molecule has 2 aliphatic heterocycles. The van der Waals surface area contributed by atoms with Crippen molar-refractivity contribution in [1.82, 2.24) is 20.4 Å². The van der Waals surface area contributed by atoms with Crippen molar-refractivity contribution in [2.45, 2.75) is 38.1 Å². The van der Waals surface area contributed by atoms with E-state index in [1.165, 1.54) is 5.56 Å². The molecule has 6 heteroatoms. The van der Waals surface area contributed by atoms with Gasteiger partial charge in [-0.15, -0.1) is 0 Å². The second-order valence-corrected chi connectivity index (χ2v) is 8.04. The van der Waals surface area contributed by atoms with Crippen LogP contribution in [0.4, 0.5) is 0 Å². The van der Waals surface area contributed by atoms with E-state index in [-0.39, 0.29) is 17.7 Å². The van der Waals surface area contributed by atoms with Crippen LogP contribution < -0.4 is 10.6 Å². The lowest BCUT2D eigenvalue weighted by atomic mass is 9.93. The minimum absolute atomic E-state index is 0.0867. The van der Waals surface area contributed by atoms with E-state index in [4.69, 9.17) is 0 Å². The number of likely N-dealkylation sites (tertiary alicyclic amines) is 2. The molecule has 0 aliphatic carbocycles. The topological polar surface area (TPSA) is 64.7 Å². The first kappa shape index (κ1) is 20.8. The number of nitrogens with one attached hydrogen (secondary N) is 2. The predicted octanol–water partition coefficient (Wildman–Crippen LogP) is 1.27. The van der Waals surface area contributed by atoms with Crippen LogP contribution >= 0.6 is 0 Å². The van der Waals surface area contributed by atoms with E-state index in [1.807, 2.05) is 18.2 Å². The van der Waals surface area contributed by atoms with Crippen molar-refractivity contribution in [3.63, 3.8) is 0 Å². The molecule has 2 aliphatic rings. The number of benzene rings is 1. The summed E-state index contributed by atoms with van der Waals surface area (Å²) in [5.74, 6) is 0.398. The summed E-state index contributed by atoms with van der Waals surface area (Å²) in [5.41, 5.74) is 1.26. The van der Waals surface area contributed by atoms with Crippen molar-refractivity contribution in [1.29, 1.82) is 0 Å². The zero-order valence-corrected chi connectivity index (χ0v) is 17.0. The van der Waals surface area contributed by atoms with Crippen LogP contribution in [-0.4, -0.2) is 74.0 Å². The zero-order valence-electron chi connectivity index (χ0n) is 17.0. The summed E-state index contributed by atoms with van der Waals surface area (Å²) < 4.78 is 0. The maximum atomic E-state index is 12.6. The summed E-state index contributed by atoms with van der Waals surface area (Å²) in [6.07, 6.45) is 5.13. The third-order valence-electron chi connectivity index (χ3n) is 6.10. The molecule has 2 N–H and O–H groups in total. The van der Waals surface area contributed by atoms with Crippen LogP contribution in [0, 0.1) is 5.92 Å². The van der Waals surface area contributed by atoms with E-state index < -0.39 is 0 Å². The molecule has 2 saturated heterocycles. The van der Waals surface area contributed by atoms with Crippen molar-refractivity contribution in [2.24, 2.45) is 5.92 Å². The van der Waals surface area contributed by atoms with Crippen LogP contribution in [0.15, 0.2) is 30.3 Å². The minimum Gasteiger partial charge on any atom is -0.358 e. The van der Waals surface area contributed by atoms with Crippen molar-refractivity contribution in [3.05, 3.63) is 35.9 Å². The van der Waals surface area contributed by atoms with Gasteiger partial charge in [0.25, 0.3) is 0 Å². The number of carbonyl (C=O) groups excluding carboxylic acids is 2. The largest absolute Gasteiger partial charge is 0.358 e. The monoisotopic (exact) mass is 386 g/mol. The zero-order chi connectivity index (χ0) is 19.8. The van der Waals surface area contributed by atoms with E-state index in [0.717, 1.165) is 58.3 Å². The molecular formula is C22H34N4O2. The number of nitrogens with zero attached hydrogens (tertiary/aromatic N) is 2. The molecule has 154 valence electrons. The van der Waals surface area contributed by atoms with Gasteiger partial charge in [0.1, 0.15) is 0 Å². The molecule has 0 saturated carbocycles. The summed E-state index contributed by atoms with van der Waals surface area (Å²) in [6.45, 7) is 5.09. The first-order chi connectivity index (χ1) is 13.7. The van der Waals surface area contributed by atoms with Gasteiger partial charge in [-0.05, 0) is 44.2 Å². The standard InChI is InChI=1S/C22H34N4O2/c1-23-21(27)17-25-14-10-20(11-15-25)26-13-5-8-19(16-26)22(28)24-12-9-18-6-3-2-4-7-18/h2-4,6-7,19-20H,5,8-17H2,1H3,(H,23,27)(H,24,28)/t19-/m1/s1. The first-order valence-corrected chi connectivity index (χ1v) is 10.6. The van der Waals surface area contributed by atoms with E-state index in [9.17, 15) is 9.59 Å². The number of amides is 2. The number of likely N-dealkylation sites (N-methyl/N-ethyl adjacent to an activating group) is 1. The Morgan fingerprint density at radius 2 is 1.82 bits per heavy atom. The number of rotatable bonds is 7. The molecule has 1 aromatic carbocycles. The molecule has 6 nitrogen and oxygen atoms in total. The normalized spacial score (nSPS) is 22.0. The van der Waals surface area contributed by atoms with Crippen molar-refractivity contribution in [3.8, 4) is 0 Å². The average molecular weight is 387 g/mol. The SMILES string of the molecule is CNC(=O)CN1CCC(N2CCC[C@@H](C(=O)NCCc3ccccc3)C2)CC1. The lowest BCUT2D eigenvalue weighted by Gasteiger charge is -2.41. The maximum absolute atomic E-state index is 12.6. The molecule has 0 bridgehead atoms. The molecule has 2 amide bonds. The smallest absolute Gasteiger partial charge is 0.233 e. The summed E-state index contributed by atoms with van der Waals surface area (Å²) in [7, 11) is 1.69. The average Bonchev–Trinajstić information content (AvgIpc) is 2.75. The number of hydrogen-bond donors (Lipinski definition) is 2. The van der Waals surface area contributed by atoms with Gasteiger partial charge in [-0.25, -0.2) is 0 Å². The van der Waals surface area contributed by atoms with E-state index in [1.54, 1.807) is 7.05 Å². The van der Waals surface area contributed by atoms with Crippen LogP contribution in [0.3, 0.4) is 0 Å². The Labute approximate surface area is 168 Å². The Kier molecular flexibility index (Phi) is 7.86. The molecule has 0 aromatic heterocycles. The molecular weight excluding hydrogens is 352 g/mol. The highest BCUT2D eigenvalue weighted by Gasteiger charge is 2.31. The van der Waals surface area contributed by atoms with Gasteiger partial charge < -0.3 is 10.6 Å². The van der Waals surface area contributed by atoms with Crippen LogP contribution in [0.2, 0.25) is 0 Å². The third-order valence-corrected chi connectivity index (χ3v) is 6.10. The quantitative estimate of drug-likeness (QED) is 0.741. The number of hydrogen-bond acceptors (Lipinski definition) is 4. The second-order valence-electron chi connectivity index (χ2n) is 8.04. The van der Waals surface area contributed by atoms with Crippen LogP contribution in [-0.2, 0) is 16.0 Å². The van der Waals surface area contributed by atoms with E-state index in [0.29, 0.717) is 19.1 Å². The Morgan fingerprint density at radius 3 is 2.54 bits per heavy atom. The second kappa shape index (κ2) is 10.6. The lowest BCUT2D eigenvalue weighted by Crippen LogP contribution is -2.51. The fourth-order valence-corrected chi connectivity index (χ4v) is 4.40. The van der Waals surface area contributed by atoms with Gasteiger partial charge in [0.05, 0.1) is 12.5 Å². The molecule has 2 heterocycles. The Hall–Kier alpha value is -1.92. The summed E-state index contributed by atoms with van der Waals surface area (Å²) in [5, 5.41) is 5.84. The van der Waals surface area contributed by atoms with Crippen molar-refractivity contribution >= 4 is 11.8 Å². The van der Waals surface area contributed by atoms with Gasteiger partial charge in [-0.2, -0.15) is 0 Å². The Balaban J connectivity index is 1.40. The number of carbonyl (C=O) groups is 2. The van der Waals surface area contributed by atoms with Crippen molar-refractivity contribution in [2.75, 3.05) is 46.3 Å². The molecule has 1 aromatic rings. The van der Waals surface area contributed by atoms with Gasteiger partial charge >= 0.3 is 0 Å². The predicted molar refractivity (Wildman–Crippen MR) is 111 cm³/mol. The molecule has 0 unspecified atom stereocenters. The third kappa shape index (κ3) is 6.04. The van der Waals surface area contributed by atoms with E-state index in [2.05, 4.69) is 32.6 Å². The Bertz CT molecular complexity index is 629. The number of piperidine rings is 2. The first-order valence-electron chi connectivity index (χ1n) is 10.6. The maximum Gasteiger partial charge on any atom is 0.233 e. The fourth-order valence-electron chi connectivity index (χ4n) is 4.40. The highest BCUT2D eigenvalue weighted by atomic mass is 16.2. The molecule has 3 rings (SSSR count). The fraction of sp³-hybridized carbons (Fsp3) is 0.636. The highest BCUT2D eigenvalue weighted by Crippen LogP contribution is 2.24. The Morgan fingerprint density at radius 1 is 1.07 bits per heavy atom.